The molecule has 1 nitrogen and oxygen atoms in total. The van der Waals surface area contributed by atoms with Gasteiger partial charge in [-0.1, -0.05) is 35.8 Å². The van der Waals surface area contributed by atoms with Crippen molar-refractivity contribution in [2.75, 3.05) is 7.05 Å². The average Bonchev–Trinajstić information content (AvgIpc) is 2.41. The predicted octanol–water partition coefficient (Wildman–Crippen LogP) is 4.79. The van der Waals surface area contributed by atoms with Crippen molar-refractivity contribution in [2.45, 2.75) is 45.6 Å². The highest BCUT2D eigenvalue weighted by Crippen LogP contribution is 2.36. The molecule has 1 aromatic rings. The van der Waals surface area contributed by atoms with Crippen molar-refractivity contribution >= 4 is 15.9 Å². The summed E-state index contributed by atoms with van der Waals surface area (Å²) in [5, 5.41) is 3.43. The van der Waals surface area contributed by atoms with Crippen molar-refractivity contribution in [1.29, 1.82) is 0 Å². The number of hydrogen-bond donors (Lipinski definition) is 1. The first kappa shape index (κ1) is 16.0. The molecule has 2 rings (SSSR count). The summed E-state index contributed by atoms with van der Waals surface area (Å²) in [6.07, 6.45) is 4.55. The number of hydrogen-bond acceptors (Lipinski definition) is 1. The minimum absolute atomic E-state index is 0.0825. The molecule has 3 unspecified atom stereocenters. The largest absolute Gasteiger partial charge is 0.317 e. The van der Waals surface area contributed by atoms with Gasteiger partial charge in [-0.05, 0) is 68.2 Å². The van der Waals surface area contributed by atoms with Gasteiger partial charge in [0.15, 0.2) is 0 Å². The number of benzene rings is 1. The van der Waals surface area contributed by atoms with Crippen LogP contribution in [0.15, 0.2) is 22.7 Å². The number of nitrogens with one attached hydrogen (secondary N) is 1. The first-order valence-electron chi connectivity index (χ1n) is 7.62. The number of halogens is 2. The Morgan fingerprint density at radius 1 is 1.35 bits per heavy atom. The van der Waals surface area contributed by atoms with Crippen molar-refractivity contribution in [3.63, 3.8) is 0 Å². The minimum atomic E-state index is -0.0825. The minimum Gasteiger partial charge on any atom is -0.317 e. The van der Waals surface area contributed by atoms with E-state index in [2.05, 4.69) is 35.1 Å². The molecular weight excluding hydrogens is 317 g/mol. The second kappa shape index (κ2) is 7.04. The fourth-order valence-electron chi connectivity index (χ4n) is 3.48. The third-order valence-corrected chi connectivity index (χ3v) is 5.33. The van der Waals surface area contributed by atoms with Gasteiger partial charge in [0.05, 0.1) is 0 Å². The Labute approximate surface area is 130 Å². The summed E-state index contributed by atoms with van der Waals surface area (Å²) >= 11 is 3.32. The Morgan fingerprint density at radius 2 is 2.10 bits per heavy atom. The van der Waals surface area contributed by atoms with Gasteiger partial charge in [-0.2, -0.15) is 0 Å². The normalized spacial score (nSPS) is 27.0. The lowest BCUT2D eigenvalue weighted by Crippen LogP contribution is -2.40. The zero-order chi connectivity index (χ0) is 14.7. The van der Waals surface area contributed by atoms with E-state index in [1.807, 2.05) is 19.2 Å². The van der Waals surface area contributed by atoms with Crippen LogP contribution in [0.5, 0.6) is 0 Å². The second-order valence-electron chi connectivity index (χ2n) is 6.41. The van der Waals surface area contributed by atoms with Gasteiger partial charge in [-0.3, -0.25) is 0 Å². The molecule has 3 heteroatoms. The predicted molar refractivity (Wildman–Crippen MR) is 86.3 cm³/mol. The topological polar surface area (TPSA) is 12.0 Å². The van der Waals surface area contributed by atoms with E-state index in [-0.39, 0.29) is 5.82 Å². The van der Waals surface area contributed by atoms with Gasteiger partial charge in [-0.15, -0.1) is 0 Å². The third kappa shape index (κ3) is 3.82. The SMILES string of the molecule is CNC1CCC(C(C)C)CC1Cc1ccc(Br)cc1F. The molecule has 1 aliphatic rings. The van der Waals surface area contributed by atoms with Crippen LogP contribution in [0.1, 0.15) is 38.7 Å². The quantitative estimate of drug-likeness (QED) is 0.829. The third-order valence-electron chi connectivity index (χ3n) is 4.83. The molecular formula is C17H25BrFN. The van der Waals surface area contributed by atoms with Gasteiger partial charge in [-0.25, -0.2) is 4.39 Å². The van der Waals surface area contributed by atoms with Crippen molar-refractivity contribution < 1.29 is 4.39 Å². The number of rotatable bonds is 4. The maximum absolute atomic E-state index is 14.0. The highest BCUT2D eigenvalue weighted by molar-refractivity contribution is 9.10. The lowest BCUT2D eigenvalue weighted by atomic mass is 9.72. The van der Waals surface area contributed by atoms with Crippen LogP contribution in [0.25, 0.3) is 0 Å². The summed E-state index contributed by atoms with van der Waals surface area (Å²) in [5.41, 5.74) is 0.850. The van der Waals surface area contributed by atoms with Crippen LogP contribution in [0.4, 0.5) is 4.39 Å². The Hall–Kier alpha value is -0.410. The molecule has 0 bridgehead atoms. The van der Waals surface area contributed by atoms with Crippen LogP contribution in [0, 0.1) is 23.6 Å². The molecule has 3 atom stereocenters. The molecule has 1 aromatic carbocycles. The van der Waals surface area contributed by atoms with E-state index in [0.29, 0.717) is 12.0 Å². The van der Waals surface area contributed by atoms with Crippen LogP contribution < -0.4 is 5.32 Å². The van der Waals surface area contributed by atoms with Crippen molar-refractivity contribution in [3.8, 4) is 0 Å². The molecule has 1 N–H and O–H groups in total. The van der Waals surface area contributed by atoms with Gasteiger partial charge in [0.2, 0.25) is 0 Å². The summed E-state index contributed by atoms with van der Waals surface area (Å²) in [7, 11) is 2.03. The van der Waals surface area contributed by atoms with E-state index in [9.17, 15) is 4.39 Å². The maximum Gasteiger partial charge on any atom is 0.127 e. The van der Waals surface area contributed by atoms with Gasteiger partial charge < -0.3 is 5.32 Å². The van der Waals surface area contributed by atoms with Crippen LogP contribution in [0.3, 0.4) is 0 Å². The van der Waals surface area contributed by atoms with E-state index in [1.54, 1.807) is 6.07 Å². The molecule has 0 spiro atoms. The molecule has 1 aliphatic carbocycles. The van der Waals surface area contributed by atoms with Gasteiger partial charge >= 0.3 is 0 Å². The second-order valence-corrected chi connectivity index (χ2v) is 7.33. The van der Waals surface area contributed by atoms with E-state index in [4.69, 9.17) is 0 Å². The summed E-state index contributed by atoms with van der Waals surface area (Å²) in [6.45, 7) is 4.61. The fourth-order valence-corrected chi connectivity index (χ4v) is 3.81. The van der Waals surface area contributed by atoms with Crippen LogP contribution in [-0.2, 0) is 6.42 Å². The Bertz CT molecular complexity index is 447. The molecule has 0 amide bonds. The lowest BCUT2D eigenvalue weighted by molar-refractivity contribution is 0.172. The smallest absolute Gasteiger partial charge is 0.127 e. The van der Waals surface area contributed by atoms with Crippen LogP contribution in [0.2, 0.25) is 0 Å². The van der Waals surface area contributed by atoms with E-state index in [0.717, 1.165) is 28.3 Å². The van der Waals surface area contributed by atoms with Gasteiger partial charge in [0, 0.05) is 10.5 Å². The zero-order valence-corrected chi connectivity index (χ0v) is 14.2. The standard InChI is InChI=1S/C17H25BrFN/c1-11(2)12-5-7-17(20-3)14(8-12)9-13-4-6-15(18)10-16(13)19/h4,6,10-12,14,17,20H,5,7-9H2,1-3H3. The van der Waals surface area contributed by atoms with Gasteiger partial charge in [0.25, 0.3) is 0 Å². The molecule has 0 heterocycles. The Balaban J connectivity index is 2.11. The van der Waals surface area contributed by atoms with Crippen molar-refractivity contribution in [2.24, 2.45) is 17.8 Å². The van der Waals surface area contributed by atoms with Crippen LogP contribution >= 0.6 is 15.9 Å². The summed E-state index contributed by atoms with van der Waals surface area (Å²) in [6, 6.07) is 5.96. The van der Waals surface area contributed by atoms with E-state index in [1.165, 1.54) is 19.3 Å². The molecule has 1 saturated carbocycles. The molecule has 0 saturated heterocycles. The van der Waals surface area contributed by atoms with Crippen LogP contribution in [-0.4, -0.2) is 13.1 Å². The molecule has 0 radical (unpaired) electrons. The first-order valence-corrected chi connectivity index (χ1v) is 8.41. The molecule has 1 fully saturated rings. The van der Waals surface area contributed by atoms with Crippen molar-refractivity contribution in [3.05, 3.63) is 34.1 Å². The van der Waals surface area contributed by atoms with E-state index >= 15 is 0 Å². The molecule has 20 heavy (non-hydrogen) atoms. The molecule has 0 aromatic heterocycles. The highest BCUT2D eigenvalue weighted by atomic mass is 79.9. The fraction of sp³-hybridized carbons (Fsp3) is 0.647. The highest BCUT2D eigenvalue weighted by Gasteiger charge is 2.31. The summed E-state index contributed by atoms with van der Waals surface area (Å²) in [4.78, 5) is 0. The molecule has 0 aliphatic heterocycles. The van der Waals surface area contributed by atoms with Gasteiger partial charge in [0.1, 0.15) is 5.82 Å². The Morgan fingerprint density at radius 3 is 2.70 bits per heavy atom. The summed E-state index contributed by atoms with van der Waals surface area (Å²) < 4.78 is 14.9. The van der Waals surface area contributed by atoms with Crippen molar-refractivity contribution in [1.82, 2.24) is 5.32 Å². The first-order chi connectivity index (χ1) is 9.51. The Kier molecular flexibility index (Phi) is 5.62. The maximum atomic E-state index is 14.0. The zero-order valence-electron chi connectivity index (χ0n) is 12.6. The van der Waals surface area contributed by atoms with E-state index < -0.39 is 0 Å². The lowest BCUT2D eigenvalue weighted by Gasteiger charge is -2.38. The average molecular weight is 342 g/mol. The summed E-state index contributed by atoms with van der Waals surface area (Å²) in [5.74, 6) is 1.96. The molecule has 112 valence electrons. The monoisotopic (exact) mass is 341 g/mol.